The molecule has 0 saturated carbocycles. The summed E-state index contributed by atoms with van der Waals surface area (Å²) in [5.41, 5.74) is 7.33. The Balaban J connectivity index is 1.79. The molecule has 1 heterocycles. The number of hydrogen-bond donors (Lipinski definition) is 2. The molecule has 1 aliphatic rings. The lowest BCUT2D eigenvalue weighted by atomic mass is 9.93. The fraction of sp³-hybridized carbons (Fsp3) is 0.562. The van der Waals surface area contributed by atoms with Gasteiger partial charge in [-0.05, 0) is 30.0 Å². The van der Waals surface area contributed by atoms with E-state index >= 15 is 0 Å². The number of hydrogen-bond acceptors (Lipinski definition) is 3. The minimum atomic E-state index is 0.0594. The van der Waals surface area contributed by atoms with Crippen LogP contribution in [-0.4, -0.2) is 25.2 Å². The molecular weight excluding hydrogens is 252 g/mol. The minimum Gasteiger partial charge on any atom is -0.399 e. The molecule has 20 heavy (non-hydrogen) atoms. The quantitative estimate of drug-likeness (QED) is 0.808. The average molecular weight is 276 g/mol. The Hall–Kier alpha value is -1.55. The lowest BCUT2D eigenvalue weighted by Crippen LogP contribution is -2.35. The first-order valence-electron chi connectivity index (χ1n) is 7.29. The highest BCUT2D eigenvalue weighted by molar-refractivity contribution is 5.78. The second-order valence-corrected chi connectivity index (χ2v) is 5.85. The highest BCUT2D eigenvalue weighted by Crippen LogP contribution is 2.26. The minimum absolute atomic E-state index is 0.0594. The Morgan fingerprint density at radius 3 is 2.75 bits per heavy atom. The standard InChI is InChI=1S/C16H24N2O2/c1-11(2)16-13(7-8-20-16)10-18-15(19)9-12-3-5-14(17)6-4-12/h3-6,11,13,16H,7-10,17H2,1-2H3,(H,18,19). The summed E-state index contributed by atoms with van der Waals surface area (Å²) in [5, 5.41) is 3.02. The summed E-state index contributed by atoms with van der Waals surface area (Å²) in [6, 6.07) is 7.43. The van der Waals surface area contributed by atoms with Gasteiger partial charge in [0.15, 0.2) is 0 Å². The molecule has 4 nitrogen and oxygen atoms in total. The Morgan fingerprint density at radius 1 is 1.40 bits per heavy atom. The van der Waals surface area contributed by atoms with E-state index in [0.717, 1.165) is 24.3 Å². The van der Waals surface area contributed by atoms with E-state index in [0.29, 0.717) is 24.8 Å². The largest absolute Gasteiger partial charge is 0.399 e. The number of rotatable bonds is 5. The molecule has 3 N–H and O–H groups in total. The molecular formula is C16H24N2O2. The topological polar surface area (TPSA) is 64.3 Å². The summed E-state index contributed by atoms with van der Waals surface area (Å²) >= 11 is 0. The van der Waals surface area contributed by atoms with Crippen molar-refractivity contribution in [2.75, 3.05) is 18.9 Å². The predicted molar refractivity (Wildman–Crippen MR) is 80.3 cm³/mol. The van der Waals surface area contributed by atoms with E-state index in [1.807, 2.05) is 24.3 Å². The zero-order valence-electron chi connectivity index (χ0n) is 12.3. The number of carbonyl (C=O) groups excluding carboxylic acids is 1. The molecule has 1 fully saturated rings. The number of benzene rings is 1. The van der Waals surface area contributed by atoms with E-state index < -0.39 is 0 Å². The van der Waals surface area contributed by atoms with Crippen molar-refractivity contribution in [1.29, 1.82) is 0 Å². The van der Waals surface area contributed by atoms with Crippen LogP contribution >= 0.6 is 0 Å². The third-order valence-corrected chi connectivity index (χ3v) is 3.83. The Bertz CT molecular complexity index is 442. The maximum atomic E-state index is 11.9. The van der Waals surface area contributed by atoms with Crippen LogP contribution in [0.5, 0.6) is 0 Å². The lowest BCUT2D eigenvalue weighted by molar-refractivity contribution is -0.120. The van der Waals surface area contributed by atoms with Gasteiger partial charge in [0, 0.05) is 24.8 Å². The van der Waals surface area contributed by atoms with Crippen LogP contribution in [0.25, 0.3) is 0 Å². The molecule has 1 aliphatic heterocycles. The number of anilines is 1. The third-order valence-electron chi connectivity index (χ3n) is 3.83. The molecule has 110 valence electrons. The molecule has 0 aliphatic carbocycles. The zero-order chi connectivity index (χ0) is 14.5. The summed E-state index contributed by atoms with van der Waals surface area (Å²) < 4.78 is 5.73. The summed E-state index contributed by atoms with van der Waals surface area (Å²) in [6.07, 6.45) is 1.71. The van der Waals surface area contributed by atoms with Gasteiger partial charge in [0.1, 0.15) is 0 Å². The van der Waals surface area contributed by atoms with Gasteiger partial charge in [-0.3, -0.25) is 4.79 Å². The van der Waals surface area contributed by atoms with Crippen molar-refractivity contribution in [1.82, 2.24) is 5.32 Å². The number of nitrogen functional groups attached to an aromatic ring is 1. The van der Waals surface area contributed by atoms with Crippen LogP contribution in [0.15, 0.2) is 24.3 Å². The summed E-state index contributed by atoms with van der Waals surface area (Å²) in [5.74, 6) is 0.992. The average Bonchev–Trinajstić information content (AvgIpc) is 2.88. The molecule has 1 saturated heterocycles. The van der Waals surface area contributed by atoms with Gasteiger partial charge >= 0.3 is 0 Å². The van der Waals surface area contributed by atoms with Crippen molar-refractivity contribution in [2.24, 2.45) is 11.8 Å². The molecule has 1 aromatic carbocycles. The van der Waals surface area contributed by atoms with Gasteiger partial charge in [-0.2, -0.15) is 0 Å². The monoisotopic (exact) mass is 276 g/mol. The van der Waals surface area contributed by atoms with Gasteiger partial charge in [0.25, 0.3) is 0 Å². The van der Waals surface area contributed by atoms with E-state index in [4.69, 9.17) is 10.5 Å². The van der Waals surface area contributed by atoms with Crippen LogP contribution < -0.4 is 11.1 Å². The molecule has 0 bridgehead atoms. The fourth-order valence-corrected chi connectivity index (χ4v) is 2.74. The Morgan fingerprint density at radius 2 is 2.10 bits per heavy atom. The van der Waals surface area contributed by atoms with Gasteiger partial charge in [-0.25, -0.2) is 0 Å². The van der Waals surface area contributed by atoms with Crippen molar-refractivity contribution in [3.8, 4) is 0 Å². The fourth-order valence-electron chi connectivity index (χ4n) is 2.74. The van der Waals surface area contributed by atoms with Crippen LogP contribution in [-0.2, 0) is 16.0 Å². The second-order valence-electron chi connectivity index (χ2n) is 5.85. The number of nitrogens with two attached hydrogens (primary N) is 1. The molecule has 2 atom stereocenters. The summed E-state index contributed by atoms with van der Waals surface area (Å²) in [7, 11) is 0. The molecule has 2 unspecified atom stereocenters. The lowest BCUT2D eigenvalue weighted by Gasteiger charge is -2.22. The maximum Gasteiger partial charge on any atom is 0.224 e. The van der Waals surface area contributed by atoms with Crippen molar-refractivity contribution >= 4 is 11.6 Å². The van der Waals surface area contributed by atoms with Gasteiger partial charge in [0.2, 0.25) is 5.91 Å². The number of nitrogens with one attached hydrogen (secondary N) is 1. The SMILES string of the molecule is CC(C)C1OCCC1CNC(=O)Cc1ccc(N)cc1. The van der Waals surface area contributed by atoms with Gasteiger partial charge in [0.05, 0.1) is 12.5 Å². The summed E-state index contributed by atoms with van der Waals surface area (Å²) in [4.78, 5) is 11.9. The van der Waals surface area contributed by atoms with E-state index in [-0.39, 0.29) is 12.0 Å². The zero-order valence-corrected chi connectivity index (χ0v) is 12.3. The van der Waals surface area contributed by atoms with Gasteiger partial charge in [-0.15, -0.1) is 0 Å². The Labute approximate surface area is 120 Å². The summed E-state index contributed by atoms with van der Waals surface area (Å²) in [6.45, 7) is 5.84. The van der Waals surface area contributed by atoms with E-state index in [9.17, 15) is 4.79 Å². The maximum absolute atomic E-state index is 11.9. The first kappa shape index (κ1) is 14.9. The molecule has 4 heteroatoms. The number of ether oxygens (including phenoxy) is 1. The van der Waals surface area contributed by atoms with Crippen molar-refractivity contribution < 1.29 is 9.53 Å². The predicted octanol–water partition coefficient (Wildman–Crippen LogP) is 1.99. The molecule has 0 spiro atoms. The van der Waals surface area contributed by atoms with E-state index in [1.165, 1.54) is 0 Å². The van der Waals surface area contributed by atoms with Crippen LogP contribution in [0.3, 0.4) is 0 Å². The first-order chi connectivity index (χ1) is 9.56. The second kappa shape index (κ2) is 6.75. The van der Waals surface area contributed by atoms with Crippen LogP contribution in [0.1, 0.15) is 25.8 Å². The van der Waals surface area contributed by atoms with E-state index in [2.05, 4.69) is 19.2 Å². The highest BCUT2D eigenvalue weighted by Gasteiger charge is 2.30. The third kappa shape index (κ3) is 3.97. The number of amides is 1. The highest BCUT2D eigenvalue weighted by atomic mass is 16.5. The van der Waals surface area contributed by atoms with Crippen LogP contribution in [0.4, 0.5) is 5.69 Å². The molecule has 1 amide bonds. The van der Waals surface area contributed by atoms with E-state index in [1.54, 1.807) is 0 Å². The molecule has 0 aromatic heterocycles. The van der Waals surface area contributed by atoms with Gasteiger partial charge < -0.3 is 15.8 Å². The molecule has 0 radical (unpaired) electrons. The van der Waals surface area contributed by atoms with Crippen LogP contribution in [0, 0.1) is 11.8 Å². The van der Waals surface area contributed by atoms with Crippen molar-refractivity contribution in [3.05, 3.63) is 29.8 Å². The first-order valence-corrected chi connectivity index (χ1v) is 7.29. The smallest absolute Gasteiger partial charge is 0.224 e. The molecule has 2 rings (SSSR count). The van der Waals surface area contributed by atoms with Crippen molar-refractivity contribution in [3.63, 3.8) is 0 Å². The van der Waals surface area contributed by atoms with Crippen LogP contribution in [0.2, 0.25) is 0 Å². The van der Waals surface area contributed by atoms with Crippen molar-refractivity contribution in [2.45, 2.75) is 32.8 Å². The van der Waals surface area contributed by atoms with Gasteiger partial charge in [-0.1, -0.05) is 26.0 Å². The Kier molecular flexibility index (Phi) is 5.01. The molecule has 1 aromatic rings. The number of carbonyl (C=O) groups is 1. The normalized spacial score (nSPS) is 22.1.